The third-order valence-electron chi connectivity index (χ3n) is 3.58. The Morgan fingerprint density at radius 2 is 2.09 bits per heavy atom. The Balaban J connectivity index is 1.72. The van der Waals surface area contributed by atoms with Crippen LogP contribution < -0.4 is 10.9 Å². The fourth-order valence-electron chi connectivity index (χ4n) is 2.51. The molecule has 0 spiro atoms. The summed E-state index contributed by atoms with van der Waals surface area (Å²) in [4.78, 5) is 28.6. The number of carbonyl (C=O) groups excluding carboxylic acids is 1. The summed E-state index contributed by atoms with van der Waals surface area (Å²) in [6.45, 7) is 6.63. The summed E-state index contributed by atoms with van der Waals surface area (Å²) in [6.07, 6.45) is 1.31. The molecule has 8 nitrogen and oxygen atoms in total. The van der Waals surface area contributed by atoms with Gasteiger partial charge in [0.2, 0.25) is 0 Å². The van der Waals surface area contributed by atoms with Crippen LogP contribution in [0, 0.1) is 20.8 Å². The zero-order valence-corrected chi connectivity index (χ0v) is 13.3. The summed E-state index contributed by atoms with van der Waals surface area (Å²) in [5, 5.41) is 9.91. The summed E-state index contributed by atoms with van der Waals surface area (Å²) in [5.74, 6) is -0.439. The number of hydrogen-bond acceptors (Lipinski definition) is 4. The largest absolute Gasteiger partial charge is 0.350 e. The van der Waals surface area contributed by atoms with Gasteiger partial charge in [-0.25, -0.2) is 9.50 Å². The second-order valence-corrected chi connectivity index (χ2v) is 5.52. The highest BCUT2D eigenvalue weighted by Crippen LogP contribution is 2.02. The minimum absolute atomic E-state index is 0.0118. The first-order valence-electron chi connectivity index (χ1n) is 7.32. The third-order valence-corrected chi connectivity index (χ3v) is 3.58. The molecule has 3 rings (SSSR count). The second-order valence-electron chi connectivity index (χ2n) is 5.52. The van der Waals surface area contributed by atoms with Crippen LogP contribution in [0.2, 0.25) is 0 Å². The predicted octanol–water partition coefficient (Wildman–Crippen LogP) is 0.574. The summed E-state index contributed by atoms with van der Waals surface area (Å²) in [6, 6.07) is 3.71. The van der Waals surface area contributed by atoms with Crippen molar-refractivity contribution in [2.24, 2.45) is 0 Å². The van der Waals surface area contributed by atoms with Crippen LogP contribution in [0.15, 0.2) is 23.1 Å². The number of aryl methyl sites for hydroxylation is 3. The minimum Gasteiger partial charge on any atom is -0.350 e. The Bertz CT molecular complexity index is 933. The first-order chi connectivity index (χ1) is 11.0. The van der Waals surface area contributed by atoms with Gasteiger partial charge in [0.1, 0.15) is 5.56 Å². The van der Waals surface area contributed by atoms with Crippen LogP contribution in [-0.2, 0) is 6.54 Å². The maximum atomic E-state index is 12.3. The van der Waals surface area contributed by atoms with Gasteiger partial charge >= 0.3 is 0 Å². The molecule has 3 heterocycles. The molecule has 3 aromatic rings. The number of amides is 1. The van der Waals surface area contributed by atoms with Gasteiger partial charge in [0.15, 0.2) is 5.65 Å². The second kappa shape index (κ2) is 5.71. The van der Waals surface area contributed by atoms with Gasteiger partial charge in [-0.05, 0) is 26.8 Å². The molecule has 0 radical (unpaired) electrons. The normalized spacial score (nSPS) is 11.1. The zero-order chi connectivity index (χ0) is 16.6. The van der Waals surface area contributed by atoms with Gasteiger partial charge in [-0.3, -0.25) is 19.4 Å². The van der Waals surface area contributed by atoms with Crippen molar-refractivity contribution in [1.29, 1.82) is 0 Å². The molecule has 120 valence electrons. The summed E-state index contributed by atoms with van der Waals surface area (Å²) in [5.41, 5.74) is 2.86. The van der Waals surface area contributed by atoms with Gasteiger partial charge < -0.3 is 5.32 Å². The molecule has 0 aliphatic carbocycles. The molecule has 0 aliphatic rings. The number of aromatic amines is 1. The van der Waals surface area contributed by atoms with Crippen LogP contribution in [0.3, 0.4) is 0 Å². The molecule has 23 heavy (non-hydrogen) atoms. The molecule has 3 aromatic heterocycles. The van der Waals surface area contributed by atoms with Crippen LogP contribution in [-0.4, -0.2) is 36.8 Å². The fourth-order valence-corrected chi connectivity index (χ4v) is 2.51. The molecule has 0 fully saturated rings. The summed E-state index contributed by atoms with van der Waals surface area (Å²) in [7, 11) is 0. The number of rotatable bonds is 4. The highest BCUT2D eigenvalue weighted by molar-refractivity contribution is 5.93. The van der Waals surface area contributed by atoms with E-state index in [1.807, 2.05) is 31.5 Å². The van der Waals surface area contributed by atoms with E-state index in [2.05, 4.69) is 20.5 Å². The lowest BCUT2D eigenvalue weighted by Crippen LogP contribution is -2.33. The molecule has 0 saturated carbocycles. The first-order valence-corrected chi connectivity index (χ1v) is 7.32. The Morgan fingerprint density at radius 1 is 1.30 bits per heavy atom. The van der Waals surface area contributed by atoms with Crippen LogP contribution >= 0.6 is 0 Å². The van der Waals surface area contributed by atoms with E-state index in [0.29, 0.717) is 18.7 Å². The van der Waals surface area contributed by atoms with E-state index in [9.17, 15) is 9.59 Å². The maximum Gasteiger partial charge on any atom is 0.285 e. The zero-order valence-electron chi connectivity index (χ0n) is 13.3. The number of carbonyl (C=O) groups is 1. The molecule has 0 unspecified atom stereocenters. The number of hydrogen-bond donors (Lipinski definition) is 2. The van der Waals surface area contributed by atoms with E-state index in [1.165, 1.54) is 10.7 Å². The van der Waals surface area contributed by atoms with Crippen molar-refractivity contribution in [3.63, 3.8) is 0 Å². The van der Waals surface area contributed by atoms with Crippen LogP contribution in [0.25, 0.3) is 5.65 Å². The average Bonchev–Trinajstić information content (AvgIpc) is 3.01. The summed E-state index contributed by atoms with van der Waals surface area (Å²) >= 11 is 0. The van der Waals surface area contributed by atoms with E-state index in [1.54, 1.807) is 6.07 Å². The predicted molar refractivity (Wildman–Crippen MR) is 84.6 cm³/mol. The van der Waals surface area contributed by atoms with Gasteiger partial charge in [-0.15, -0.1) is 0 Å². The minimum atomic E-state index is -0.439. The van der Waals surface area contributed by atoms with E-state index >= 15 is 0 Å². The van der Waals surface area contributed by atoms with Crippen LogP contribution in [0.4, 0.5) is 0 Å². The lowest BCUT2D eigenvalue weighted by molar-refractivity contribution is 0.0949. The van der Waals surface area contributed by atoms with Crippen molar-refractivity contribution >= 4 is 11.6 Å². The molecule has 0 aliphatic heterocycles. The monoisotopic (exact) mass is 314 g/mol. The lowest BCUT2D eigenvalue weighted by atomic mass is 10.3. The van der Waals surface area contributed by atoms with Crippen molar-refractivity contribution in [2.45, 2.75) is 27.3 Å². The molecule has 0 saturated heterocycles. The Morgan fingerprint density at radius 3 is 2.78 bits per heavy atom. The standard InChI is InChI=1S/C15H18N6O2/c1-9-6-11(3)20(18-9)5-4-16-14(22)12-8-17-13-7-10(2)19-21(13)15(12)23/h6-8,19H,4-5H2,1-3H3,(H,16,22). The lowest BCUT2D eigenvalue weighted by Gasteiger charge is -2.06. The van der Waals surface area contributed by atoms with Crippen LogP contribution in [0.5, 0.6) is 0 Å². The van der Waals surface area contributed by atoms with Gasteiger partial charge in [0, 0.05) is 30.2 Å². The number of nitrogens with zero attached hydrogens (tertiary/aromatic N) is 4. The van der Waals surface area contributed by atoms with Crippen LogP contribution in [0.1, 0.15) is 27.4 Å². The summed E-state index contributed by atoms with van der Waals surface area (Å²) < 4.78 is 3.09. The average molecular weight is 314 g/mol. The molecular weight excluding hydrogens is 296 g/mol. The highest BCUT2D eigenvalue weighted by Gasteiger charge is 2.14. The van der Waals surface area contributed by atoms with Crippen molar-refractivity contribution in [3.05, 3.63) is 51.3 Å². The van der Waals surface area contributed by atoms with Crippen molar-refractivity contribution in [2.75, 3.05) is 6.54 Å². The smallest absolute Gasteiger partial charge is 0.285 e. The number of nitrogens with one attached hydrogen (secondary N) is 2. The van der Waals surface area contributed by atoms with E-state index in [-0.39, 0.29) is 5.56 Å². The Labute approximate surface area is 132 Å². The fraction of sp³-hybridized carbons (Fsp3) is 0.333. The molecule has 0 atom stereocenters. The molecular formula is C15H18N6O2. The number of fused-ring (bicyclic) bond motifs is 1. The molecule has 0 aromatic carbocycles. The van der Waals surface area contributed by atoms with Crippen molar-refractivity contribution in [1.82, 2.24) is 29.7 Å². The number of aromatic nitrogens is 5. The molecule has 8 heteroatoms. The van der Waals surface area contributed by atoms with Gasteiger partial charge in [-0.2, -0.15) is 5.10 Å². The molecule has 0 bridgehead atoms. The third kappa shape index (κ3) is 2.87. The Kier molecular flexibility index (Phi) is 3.73. The van der Waals surface area contributed by atoms with Crippen molar-refractivity contribution < 1.29 is 4.79 Å². The van der Waals surface area contributed by atoms with Crippen molar-refractivity contribution in [3.8, 4) is 0 Å². The van der Waals surface area contributed by atoms with Gasteiger partial charge in [0.25, 0.3) is 11.5 Å². The Hall–Kier alpha value is -2.90. The number of H-pyrrole nitrogens is 1. The maximum absolute atomic E-state index is 12.3. The van der Waals surface area contributed by atoms with Gasteiger partial charge in [-0.1, -0.05) is 0 Å². The van der Waals surface area contributed by atoms with E-state index < -0.39 is 11.5 Å². The van der Waals surface area contributed by atoms with E-state index in [0.717, 1.165) is 17.1 Å². The first kappa shape index (κ1) is 15.0. The van der Waals surface area contributed by atoms with E-state index in [4.69, 9.17) is 0 Å². The van der Waals surface area contributed by atoms with Gasteiger partial charge in [0.05, 0.1) is 12.2 Å². The topological polar surface area (TPSA) is 97.1 Å². The highest BCUT2D eigenvalue weighted by atomic mass is 16.2. The molecule has 2 N–H and O–H groups in total. The quantitative estimate of drug-likeness (QED) is 0.736. The SMILES string of the molecule is Cc1cc(C)n(CCNC(=O)c2cnc3cc(C)[nH]n3c2=O)n1. The molecule has 1 amide bonds.